The fourth-order valence-electron chi connectivity index (χ4n) is 2.12. The van der Waals surface area contributed by atoms with E-state index in [1.165, 1.54) is 0 Å². The summed E-state index contributed by atoms with van der Waals surface area (Å²) in [5.74, 6) is -0.390. The third kappa shape index (κ3) is 1.64. The maximum absolute atomic E-state index is 14.3. The van der Waals surface area contributed by atoms with Gasteiger partial charge in [0.15, 0.2) is 6.29 Å². The van der Waals surface area contributed by atoms with E-state index in [0.29, 0.717) is 5.56 Å². The van der Waals surface area contributed by atoms with E-state index in [4.69, 9.17) is 4.74 Å². The van der Waals surface area contributed by atoms with Gasteiger partial charge in [0.2, 0.25) is 0 Å². The van der Waals surface area contributed by atoms with E-state index in [1.54, 1.807) is 12.1 Å². The van der Waals surface area contributed by atoms with Crippen LogP contribution < -0.4 is 0 Å². The number of fused-ring (bicyclic) bond motifs is 1. The SMILES string of the molecule is OC1OCc2ccc(-c3ccccc3)c(F)c21. The van der Waals surface area contributed by atoms with Gasteiger partial charge in [-0.15, -0.1) is 0 Å². The number of aliphatic hydroxyl groups is 1. The Bertz CT molecular complexity index is 552. The average molecular weight is 230 g/mol. The van der Waals surface area contributed by atoms with Crippen molar-refractivity contribution in [3.05, 3.63) is 59.4 Å². The van der Waals surface area contributed by atoms with Gasteiger partial charge in [-0.2, -0.15) is 0 Å². The molecule has 1 aliphatic rings. The van der Waals surface area contributed by atoms with Crippen LogP contribution in [0, 0.1) is 5.82 Å². The van der Waals surface area contributed by atoms with Crippen LogP contribution in [0.1, 0.15) is 17.4 Å². The number of rotatable bonds is 1. The first-order valence-electron chi connectivity index (χ1n) is 5.44. The summed E-state index contributed by atoms with van der Waals surface area (Å²) in [5.41, 5.74) is 2.28. The van der Waals surface area contributed by atoms with Crippen molar-refractivity contribution in [2.45, 2.75) is 12.9 Å². The Morgan fingerprint density at radius 1 is 1.12 bits per heavy atom. The molecule has 1 N–H and O–H groups in total. The second kappa shape index (κ2) is 3.95. The summed E-state index contributed by atoms with van der Waals surface area (Å²) < 4.78 is 19.3. The molecule has 2 aromatic rings. The van der Waals surface area contributed by atoms with Crippen molar-refractivity contribution in [1.82, 2.24) is 0 Å². The largest absolute Gasteiger partial charge is 0.364 e. The van der Waals surface area contributed by atoms with Crippen LogP contribution in [0.2, 0.25) is 0 Å². The quantitative estimate of drug-likeness (QED) is 0.816. The monoisotopic (exact) mass is 230 g/mol. The Labute approximate surface area is 98.3 Å². The van der Waals surface area contributed by atoms with Crippen molar-refractivity contribution in [2.75, 3.05) is 0 Å². The fourth-order valence-corrected chi connectivity index (χ4v) is 2.12. The molecule has 86 valence electrons. The Kier molecular flexibility index (Phi) is 2.42. The summed E-state index contributed by atoms with van der Waals surface area (Å²) >= 11 is 0. The number of ether oxygens (including phenoxy) is 1. The molecular weight excluding hydrogens is 219 g/mol. The number of hydrogen-bond acceptors (Lipinski definition) is 2. The summed E-state index contributed by atoms with van der Waals surface area (Å²) in [6.07, 6.45) is -1.14. The molecule has 0 aromatic heterocycles. The molecule has 0 radical (unpaired) electrons. The molecule has 0 saturated heterocycles. The van der Waals surface area contributed by atoms with Gasteiger partial charge < -0.3 is 9.84 Å². The molecule has 0 saturated carbocycles. The first-order chi connectivity index (χ1) is 8.27. The molecule has 0 fully saturated rings. The van der Waals surface area contributed by atoms with Crippen molar-refractivity contribution in [1.29, 1.82) is 0 Å². The first kappa shape index (κ1) is 10.4. The van der Waals surface area contributed by atoms with Crippen molar-refractivity contribution >= 4 is 0 Å². The maximum Gasteiger partial charge on any atom is 0.184 e. The normalized spacial score (nSPS) is 18.1. The Morgan fingerprint density at radius 2 is 1.88 bits per heavy atom. The Balaban J connectivity index is 2.18. The molecule has 1 unspecified atom stereocenters. The van der Waals surface area contributed by atoms with Gasteiger partial charge in [0.05, 0.1) is 6.61 Å². The lowest BCUT2D eigenvalue weighted by molar-refractivity contribution is -0.0932. The van der Waals surface area contributed by atoms with Crippen LogP contribution in [0.4, 0.5) is 4.39 Å². The van der Waals surface area contributed by atoms with E-state index < -0.39 is 12.1 Å². The third-order valence-corrected chi connectivity index (χ3v) is 3.00. The molecule has 0 aliphatic carbocycles. The summed E-state index contributed by atoms with van der Waals surface area (Å²) in [4.78, 5) is 0. The summed E-state index contributed by atoms with van der Waals surface area (Å²) in [5, 5.41) is 9.57. The van der Waals surface area contributed by atoms with E-state index in [-0.39, 0.29) is 12.2 Å². The molecule has 1 atom stereocenters. The van der Waals surface area contributed by atoms with E-state index >= 15 is 0 Å². The first-order valence-corrected chi connectivity index (χ1v) is 5.44. The predicted molar refractivity (Wildman–Crippen MR) is 61.6 cm³/mol. The zero-order valence-electron chi connectivity index (χ0n) is 9.06. The zero-order valence-corrected chi connectivity index (χ0v) is 9.06. The highest BCUT2D eigenvalue weighted by atomic mass is 19.1. The fraction of sp³-hybridized carbons (Fsp3) is 0.143. The number of halogens is 1. The molecule has 0 bridgehead atoms. The van der Waals surface area contributed by atoms with Gasteiger partial charge in [0.1, 0.15) is 5.82 Å². The van der Waals surface area contributed by atoms with E-state index in [2.05, 4.69) is 0 Å². The molecule has 2 nitrogen and oxygen atoms in total. The molecule has 17 heavy (non-hydrogen) atoms. The minimum absolute atomic E-state index is 0.266. The highest BCUT2D eigenvalue weighted by Gasteiger charge is 2.26. The molecule has 0 spiro atoms. The predicted octanol–water partition coefficient (Wildman–Crippen LogP) is 3.01. The number of benzene rings is 2. The number of aliphatic hydroxyl groups excluding tert-OH is 1. The topological polar surface area (TPSA) is 29.5 Å². The Morgan fingerprint density at radius 3 is 2.65 bits per heavy atom. The Hall–Kier alpha value is -1.71. The van der Waals surface area contributed by atoms with Gasteiger partial charge in [-0.3, -0.25) is 0 Å². The maximum atomic E-state index is 14.3. The van der Waals surface area contributed by atoms with Crippen LogP contribution >= 0.6 is 0 Å². The van der Waals surface area contributed by atoms with Crippen LogP contribution in [-0.2, 0) is 11.3 Å². The van der Waals surface area contributed by atoms with Crippen molar-refractivity contribution in [2.24, 2.45) is 0 Å². The summed E-state index contributed by atoms with van der Waals surface area (Å²) in [6, 6.07) is 12.8. The lowest BCUT2D eigenvalue weighted by Gasteiger charge is -2.09. The smallest absolute Gasteiger partial charge is 0.184 e. The molecular formula is C14H11FO2. The van der Waals surface area contributed by atoms with Crippen LogP contribution in [0.3, 0.4) is 0 Å². The highest BCUT2D eigenvalue weighted by molar-refractivity contribution is 5.66. The standard InChI is InChI=1S/C14H11FO2/c15-13-11(9-4-2-1-3-5-9)7-6-10-8-17-14(16)12(10)13/h1-7,14,16H,8H2. The zero-order chi connectivity index (χ0) is 11.8. The van der Waals surface area contributed by atoms with E-state index in [9.17, 15) is 9.50 Å². The molecule has 0 amide bonds. The molecule has 1 heterocycles. The summed E-state index contributed by atoms with van der Waals surface area (Å²) in [6.45, 7) is 0.266. The second-order valence-electron chi connectivity index (χ2n) is 4.03. The van der Waals surface area contributed by atoms with Gasteiger partial charge in [-0.1, -0.05) is 42.5 Å². The van der Waals surface area contributed by atoms with Crippen molar-refractivity contribution < 1.29 is 14.2 Å². The lowest BCUT2D eigenvalue weighted by atomic mass is 9.99. The van der Waals surface area contributed by atoms with Gasteiger partial charge in [-0.05, 0) is 11.1 Å². The van der Waals surface area contributed by atoms with Gasteiger partial charge in [0.25, 0.3) is 0 Å². The van der Waals surface area contributed by atoms with E-state index in [0.717, 1.165) is 11.1 Å². The summed E-state index contributed by atoms with van der Waals surface area (Å²) in [7, 11) is 0. The minimum Gasteiger partial charge on any atom is -0.364 e. The van der Waals surface area contributed by atoms with Crippen LogP contribution in [-0.4, -0.2) is 5.11 Å². The third-order valence-electron chi connectivity index (χ3n) is 3.00. The van der Waals surface area contributed by atoms with E-state index in [1.807, 2.05) is 30.3 Å². The van der Waals surface area contributed by atoms with Crippen molar-refractivity contribution in [3.8, 4) is 11.1 Å². The average Bonchev–Trinajstić information content (AvgIpc) is 2.73. The highest BCUT2D eigenvalue weighted by Crippen LogP contribution is 2.35. The number of hydrogen-bond donors (Lipinski definition) is 1. The second-order valence-corrected chi connectivity index (χ2v) is 4.03. The lowest BCUT2D eigenvalue weighted by Crippen LogP contribution is -1.98. The molecule has 3 rings (SSSR count). The van der Waals surface area contributed by atoms with Gasteiger partial charge in [0, 0.05) is 11.1 Å². The van der Waals surface area contributed by atoms with Crippen molar-refractivity contribution in [3.63, 3.8) is 0 Å². The van der Waals surface area contributed by atoms with Crippen LogP contribution in [0.25, 0.3) is 11.1 Å². The molecule has 3 heteroatoms. The molecule has 2 aromatic carbocycles. The minimum atomic E-state index is -1.14. The van der Waals surface area contributed by atoms with Gasteiger partial charge in [-0.25, -0.2) is 4.39 Å². The van der Waals surface area contributed by atoms with Gasteiger partial charge >= 0.3 is 0 Å². The molecule has 1 aliphatic heterocycles. The van der Waals surface area contributed by atoms with Crippen LogP contribution in [0.5, 0.6) is 0 Å². The van der Waals surface area contributed by atoms with Crippen LogP contribution in [0.15, 0.2) is 42.5 Å².